The summed E-state index contributed by atoms with van der Waals surface area (Å²) in [6.45, 7) is 4.46. The van der Waals surface area contributed by atoms with Gasteiger partial charge in [0.15, 0.2) is 17.3 Å². The molecular weight excluding hydrogens is 269 g/mol. The molecule has 0 spiro atoms. The van der Waals surface area contributed by atoms with Gasteiger partial charge in [0.1, 0.15) is 5.69 Å². The Morgan fingerprint density at radius 1 is 1.38 bits per heavy atom. The standard InChI is InChI=1S/C16H20FN3O/c1-10-16(11(2)20(3)19-10)21-15-7-4-12(8-14(15)17)9-18-13-5-6-13/h4,7-8,13,18H,5-6,9H2,1-3H3. The number of hydrogen-bond acceptors (Lipinski definition) is 3. The van der Waals surface area contributed by atoms with Gasteiger partial charge >= 0.3 is 0 Å². The summed E-state index contributed by atoms with van der Waals surface area (Å²) in [6, 6.07) is 5.73. The van der Waals surface area contributed by atoms with Gasteiger partial charge in [-0.25, -0.2) is 4.39 Å². The number of aryl methyl sites for hydroxylation is 2. The molecule has 0 atom stereocenters. The summed E-state index contributed by atoms with van der Waals surface area (Å²) in [5.74, 6) is 0.525. The average Bonchev–Trinajstić information content (AvgIpc) is 3.23. The Morgan fingerprint density at radius 3 is 2.71 bits per heavy atom. The van der Waals surface area contributed by atoms with Crippen molar-refractivity contribution in [3.8, 4) is 11.5 Å². The molecule has 1 aliphatic carbocycles. The van der Waals surface area contributed by atoms with Crippen LogP contribution in [-0.2, 0) is 13.6 Å². The summed E-state index contributed by atoms with van der Waals surface area (Å²) in [6.07, 6.45) is 2.45. The predicted molar refractivity (Wildman–Crippen MR) is 79.0 cm³/mol. The van der Waals surface area contributed by atoms with Crippen molar-refractivity contribution in [3.05, 3.63) is 41.0 Å². The summed E-state index contributed by atoms with van der Waals surface area (Å²) in [4.78, 5) is 0. The number of halogens is 1. The highest BCUT2D eigenvalue weighted by molar-refractivity contribution is 5.39. The summed E-state index contributed by atoms with van der Waals surface area (Å²) in [5, 5.41) is 7.64. The quantitative estimate of drug-likeness (QED) is 0.918. The normalized spacial score (nSPS) is 14.5. The van der Waals surface area contributed by atoms with Crippen LogP contribution in [0.5, 0.6) is 11.5 Å². The molecule has 1 fully saturated rings. The van der Waals surface area contributed by atoms with E-state index in [-0.39, 0.29) is 11.6 Å². The minimum absolute atomic E-state index is 0.240. The van der Waals surface area contributed by atoms with Crippen LogP contribution in [0.3, 0.4) is 0 Å². The van der Waals surface area contributed by atoms with Crippen LogP contribution in [0, 0.1) is 19.7 Å². The number of rotatable bonds is 5. The van der Waals surface area contributed by atoms with Crippen LogP contribution in [-0.4, -0.2) is 15.8 Å². The van der Waals surface area contributed by atoms with Crippen molar-refractivity contribution in [3.63, 3.8) is 0 Å². The molecule has 1 heterocycles. The van der Waals surface area contributed by atoms with Crippen LogP contribution >= 0.6 is 0 Å². The number of nitrogens with zero attached hydrogens (tertiary/aromatic N) is 2. The molecule has 1 N–H and O–H groups in total. The van der Waals surface area contributed by atoms with Gasteiger partial charge in [0.05, 0.1) is 5.69 Å². The van der Waals surface area contributed by atoms with Crippen molar-refractivity contribution in [2.45, 2.75) is 39.3 Å². The van der Waals surface area contributed by atoms with Crippen molar-refractivity contribution in [1.29, 1.82) is 0 Å². The second kappa shape index (κ2) is 5.48. The second-order valence-electron chi connectivity index (χ2n) is 5.65. The molecule has 0 bridgehead atoms. The molecule has 0 unspecified atom stereocenters. The predicted octanol–water partition coefficient (Wildman–Crippen LogP) is 3.22. The lowest BCUT2D eigenvalue weighted by atomic mass is 10.2. The topological polar surface area (TPSA) is 39.1 Å². The van der Waals surface area contributed by atoms with Crippen molar-refractivity contribution < 1.29 is 9.13 Å². The zero-order valence-electron chi connectivity index (χ0n) is 12.6. The minimum atomic E-state index is -0.340. The van der Waals surface area contributed by atoms with E-state index in [0.717, 1.165) is 17.0 Å². The van der Waals surface area contributed by atoms with E-state index in [1.54, 1.807) is 10.7 Å². The Hall–Kier alpha value is -1.88. The highest BCUT2D eigenvalue weighted by atomic mass is 19.1. The summed E-state index contributed by atoms with van der Waals surface area (Å²) >= 11 is 0. The number of ether oxygens (including phenoxy) is 1. The van der Waals surface area contributed by atoms with Crippen molar-refractivity contribution in [2.24, 2.45) is 7.05 Å². The Bertz CT molecular complexity index is 662. The van der Waals surface area contributed by atoms with E-state index < -0.39 is 0 Å². The Morgan fingerprint density at radius 2 is 2.14 bits per heavy atom. The third-order valence-electron chi connectivity index (χ3n) is 3.82. The van der Waals surface area contributed by atoms with Gasteiger partial charge in [-0.2, -0.15) is 5.10 Å². The first kappa shape index (κ1) is 14.1. The molecule has 0 amide bonds. The maximum absolute atomic E-state index is 14.2. The van der Waals surface area contributed by atoms with E-state index in [4.69, 9.17) is 4.74 Å². The fourth-order valence-corrected chi connectivity index (χ4v) is 2.30. The largest absolute Gasteiger partial charge is 0.450 e. The van der Waals surface area contributed by atoms with E-state index in [9.17, 15) is 4.39 Å². The van der Waals surface area contributed by atoms with Gasteiger partial charge in [0.25, 0.3) is 0 Å². The maximum atomic E-state index is 14.2. The van der Waals surface area contributed by atoms with Crippen LogP contribution in [0.2, 0.25) is 0 Å². The highest BCUT2D eigenvalue weighted by Crippen LogP contribution is 2.30. The molecule has 0 radical (unpaired) electrons. The fourth-order valence-electron chi connectivity index (χ4n) is 2.30. The molecular formula is C16H20FN3O. The van der Waals surface area contributed by atoms with E-state index in [2.05, 4.69) is 10.4 Å². The van der Waals surface area contributed by atoms with Gasteiger partial charge in [0, 0.05) is 19.6 Å². The van der Waals surface area contributed by atoms with Crippen LogP contribution in [0.15, 0.2) is 18.2 Å². The molecule has 21 heavy (non-hydrogen) atoms. The Labute approximate surface area is 123 Å². The molecule has 0 aliphatic heterocycles. The molecule has 3 rings (SSSR count). The van der Waals surface area contributed by atoms with Crippen molar-refractivity contribution >= 4 is 0 Å². The zero-order valence-corrected chi connectivity index (χ0v) is 12.6. The molecule has 1 aromatic heterocycles. The van der Waals surface area contributed by atoms with Crippen molar-refractivity contribution in [2.75, 3.05) is 0 Å². The van der Waals surface area contributed by atoms with Crippen LogP contribution in [0.4, 0.5) is 4.39 Å². The number of aromatic nitrogens is 2. The zero-order chi connectivity index (χ0) is 15.0. The number of nitrogens with one attached hydrogen (secondary N) is 1. The first-order valence-corrected chi connectivity index (χ1v) is 7.24. The monoisotopic (exact) mass is 289 g/mol. The molecule has 1 saturated carbocycles. The van der Waals surface area contributed by atoms with Crippen LogP contribution in [0.1, 0.15) is 29.8 Å². The maximum Gasteiger partial charge on any atom is 0.171 e. The lowest BCUT2D eigenvalue weighted by Crippen LogP contribution is -2.15. The minimum Gasteiger partial charge on any atom is -0.450 e. The van der Waals surface area contributed by atoms with Gasteiger partial charge in [-0.15, -0.1) is 0 Å². The molecule has 0 saturated heterocycles. The first-order valence-electron chi connectivity index (χ1n) is 7.24. The molecule has 4 nitrogen and oxygen atoms in total. The van der Waals surface area contributed by atoms with Crippen LogP contribution in [0.25, 0.3) is 0 Å². The Kier molecular flexibility index (Phi) is 3.68. The van der Waals surface area contributed by atoms with Crippen molar-refractivity contribution in [1.82, 2.24) is 15.1 Å². The van der Waals surface area contributed by atoms with Gasteiger partial charge in [-0.3, -0.25) is 4.68 Å². The van der Waals surface area contributed by atoms with E-state index in [0.29, 0.717) is 18.3 Å². The van der Waals surface area contributed by atoms with E-state index >= 15 is 0 Å². The van der Waals surface area contributed by atoms with E-state index in [1.165, 1.54) is 18.9 Å². The molecule has 1 aromatic carbocycles. The molecule has 5 heteroatoms. The number of benzene rings is 1. The summed E-state index contributed by atoms with van der Waals surface area (Å²) in [7, 11) is 1.85. The third kappa shape index (κ3) is 3.08. The first-order chi connectivity index (χ1) is 10.0. The molecule has 1 aliphatic rings. The van der Waals surface area contributed by atoms with Gasteiger partial charge in [-0.1, -0.05) is 6.07 Å². The molecule has 2 aromatic rings. The lowest BCUT2D eigenvalue weighted by Gasteiger charge is -2.09. The van der Waals surface area contributed by atoms with Gasteiger partial charge in [-0.05, 0) is 44.4 Å². The summed E-state index contributed by atoms with van der Waals surface area (Å²) < 4.78 is 21.6. The second-order valence-corrected chi connectivity index (χ2v) is 5.65. The fraction of sp³-hybridized carbons (Fsp3) is 0.438. The lowest BCUT2D eigenvalue weighted by molar-refractivity contribution is 0.435. The molecule has 112 valence electrons. The average molecular weight is 289 g/mol. The third-order valence-corrected chi connectivity index (χ3v) is 3.82. The van der Waals surface area contributed by atoms with Crippen LogP contribution < -0.4 is 10.1 Å². The Balaban J connectivity index is 1.75. The SMILES string of the molecule is Cc1nn(C)c(C)c1Oc1ccc(CNC2CC2)cc1F. The van der Waals surface area contributed by atoms with Gasteiger partial charge < -0.3 is 10.1 Å². The smallest absolute Gasteiger partial charge is 0.171 e. The summed E-state index contributed by atoms with van der Waals surface area (Å²) in [5.41, 5.74) is 2.58. The van der Waals surface area contributed by atoms with E-state index in [1.807, 2.05) is 27.0 Å². The van der Waals surface area contributed by atoms with Gasteiger partial charge in [0.2, 0.25) is 0 Å². The highest BCUT2D eigenvalue weighted by Gasteiger charge is 2.20. The number of hydrogen-bond donors (Lipinski definition) is 1.